The number of ether oxygens (including phenoxy) is 1. The van der Waals surface area contributed by atoms with Crippen molar-refractivity contribution < 1.29 is 17.9 Å². The molecule has 6 nitrogen and oxygen atoms in total. The SMILES string of the molecule is Cc1ccc(C)c(S(=O)(=O)CCN2CCN(C(=O)[C@H]3CCCO3)CC2)c1. The number of sulfone groups is 1. The fourth-order valence-corrected chi connectivity index (χ4v) is 5.21. The van der Waals surface area contributed by atoms with E-state index >= 15 is 0 Å². The smallest absolute Gasteiger partial charge is 0.251 e. The highest BCUT2D eigenvalue weighted by molar-refractivity contribution is 7.91. The minimum Gasteiger partial charge on any atom is -0.368 e. The summed E-state index contributed by atoms with van der Waals surface area (Å²) in [6.45, 7) is 7.61. The molecule has 144 valence electrons. The molecule has 1 aromatic carbocycles. The highest BCUT2D eigenvalue weighted by atomic mass is 32.2. The number of carbonyl (C=O) groups excluding carboxylic acids is 1. The molecule has 0 aliphatic carbocycles. The molecule has 1 amide bonds. The van der Waals surface area contributed by atoms with E-state index in [0.717, 1.165) is 24.0 Å². The summed E-state index contributed by atoms with van der Waals surface area (Å²) >= 11 is 0. The van der Waals surface area contributed by atoms with Crippen molar-refractivity contribution in [1.82, 2.24) is 9.80 Å². The van der Waals surface area contributed by atoms with E-state index in [1.54, 1.807) is 6.07 Å². The predicted molar refractivity (Wildman–Crippen MR) is 100.0 cm³/mol. The predicted octanol–water partition coefficient (Wildman–Crippen LogP) is 1.40. The summed E-state index contributed by atoms with van der Waals surface area (Å²) in [6, 6.07) is 5.54. The molecule has 7 heteroatoms. The van der Waals surface area contributed by atoms with Gasteiger partial charge in [0.25, 0.3) is 5.91 Å². The zero-order valence-electron chi connectivity index (χ0n) is 15.6. The van der Waals surface area contributed by atoms with Crippen molar-refractivity contribution in [3.05, 3.63) is 29.3 Å². The second-order valence-electron chi connectivity index (χ2n) is 7.26. The Morgan fingerprint density at radius 1 is 1.19 bits per heavy atom. The van der Waals surface area contributed by atoms with E-state index in [0.29, 0.717) is 44.2 Å². The van der Waals surface area contributed by atoms with Crippen LogP contribution in [0.5, 0.6) is 0 Å². The van der Waals surface area contributed by atoms with Gasteiger partial charge in [-0.25, -0.2) is 8.42 Å². The van der Waals surface area contributed by atoms with Gasteiger partial charge in [-0.1, -0.05) is 12.1 Å². The van der Waals surface area contributed by atoms with Gasteiger partial charge in [-0.2, -0.15) is 0 Å². The zero-order valence-corrected chi connectivity index (χ0v) is 16.4. The van der Waals surface area contributed by atoms with Crippen molar-refractivity contribution in [2.24, 2.45) is 0 Å². The Hall–Kier alpha value is -1.44. The maximum Gasteiger partial charge on any atom is 0.251 e. The Morgan fingerprint density at radius 2 is 1.92 bits per heavy atom. The Kier molecular flexibility index (Phi) is 5.99. The standard InChI is InChI=1S/C19H28N2O4S/c1-15-5-6-16(2)18(14-15)26(23,24)13-11-20-7-9-21(10-8-20)19(22)17-4-3-12-25-17/h5-6,14,17H,3-4,7-13H2,1-2H3/t17-/m1/s1. The van der Waals surface area contributed by atoms with Crippen LogP contribution in [-0.2, 0) is 19.4 Å². The van der Waals surface area contributed by atoms with Crippen LogP contribution >= 0.6 is 0 Å². The topological polar surface area (TPSA) is 66.9 Å². The number of amides is 1. The van der Waals surface area contributed by atoms with Crippen molar-refractivity contribution in [2.75, 3.05) is 45.1 Å². The summed E-state index contributed by atoms with van der Waals surface area (Å²) in [5.41, 5.74) is 1.75. The molecule has 0 saturated carbocycles. The Bertz CT molecular complexity index is 749. The van der Waals surface area contributed by atoms with Crippen LogP contribution in [0.3, 0.4) is 0 Å². The monoisotopic (exact) mass is 380 g/mol. The number of nitrogens with zero attached hydrogens (tertiary/aromatic N) is 2. The fourth-order valence-electron chi connectivity index (χ4n) is 3.57. The molecule has 3 rings (SSSR count). The summed E-state index contributed by atoms with van der Waals surface area (Å²) < 4.78 is 30.8. The molecule has 1 atom stereocenters. The number of piperazine rings is 1. The molecule has 0 radical (unpaired) electrons. The first kappa shape index (κ1) is 19.3. The second-order valence-corrected chi connectivity index (χ2v) is 9.33. The molecule has 1 aromatic rings. The average molecular weight is 381 g/mol. The van der Waals surface area contributed by atoms with Crippen LogP contribution in [0.4, 0.5) is 0 Å². The summed E-state index contributed by atoms with van der Waals surface area (Å²) in [6.07, 6.45) is 1.49. The van der Waals surface area contributed by atoms with Gasteiger partial charge in [0.15, 0.2) is 9.84 Å². The van der Waals surface area contributed by atoms with Crippen molar-refractivity contribution in [3.8, 4) is 0 Å². The van der Waals surface area contributed by atoms with E-state index in [1.165, 1.54) is 0 Å². The maximum atomic E-state index is 12.7. The molecule has 2 saturated heterocycles. The van der Waals surface area contributed by atoms with Gasteiger partial charge in [0.05, 0.1) is 10.6 Å². The lowest BCUT2D eigenvalue weighted by Gasteiger charge is -2.35. The van der Waals surface area contributed by atoms with E-state index in [2.05, 4.69) is 4.90 Å². The van der Waals surface area contributed by atoms with Gasteiger partial charge in [0.2, 0.25) is 0 Å². The van der Waals surface area contributed by atoms with Crippen LogP contribution in [0.1, 0.15) is 24.0 Å². The van der Waals surface area contributed by atoms with Gasteiger partial charge in [-0.15, -0.1) is 0 Å². The quantitative estimate of drug-likeness (QED) is 0.773. The summed E-state index contributed by atoms with van der Waals surface area (Å²) in [5.74, 6) is 0.196. The van der Waals surface area contributed by atoms with Crippen LogP contribution in [0.25, 0.3) is 0 Å². The van der Waals surface area contributed by atoms with Gasteiger partial charge in [0, 0.05) is 39.3 Å². The molecule has 0 N–H and O–H groups in total. The molecule has 2 aliphatic heterocycles. The van der Waals surface area contributed by atoms with Crippen LogP contribution in [0, 0.1) is 13.8 Å². The molecule has 2 heterocycles. The zero-order chi connectivity index (χ0) is 18.7. The summed E-state index contributed by atoms with van der Waals surface area (Å²) in [7, 11) is -3.30. The Balaban J connectivity index is 1.51. The van der Waals surface area contributed by atoms with E-state index < -0.39 is 9.84 Å². The minimum atomic E-state index is -3.30. The number of hydrogen-bond acceptors (Lipinski definition) is 5. The van der Waals surface area contributed by atoms with Crippen LogP contribution < -0.4 is 0 Å². The first-order chi connectivity index (χ1) is 12.4. The van der Waals surface area contributed by atoms with Crippen LogP contribution in [0.2, 0.25) is 0 Å². The molecular weight excluding hydrogens is 352 g/mol. The normalized spacial score (nSPS) is 21.9. The molecular formula is C19H28N2O4S. The van der Waals surface area contributed by atoms with Gasteiger partial charge >= 0.3 is 0 Å². The number of rotatable bonds is 5. The van der Waals surface area contributed by atoms with Crippen LogP contribution in [0.15, 0.2) is 23.1 Å². The molecule has 2 aliphatic rings. The average Bonchev–Trinajstić information content (AvgIpc) is 3.16. The Morgan fingerprint density at radius 3 is 2.58 bits per heavy atom. The van der Waals surface area contributed by atoms with E-state index in [1.807, 2.05) is 30.9 Å². The summed E-state index contributed by atoms with van der Waals surface area (Å²) in [5, 5.41) is 0. The van der Waals surface area contributed by atoms with E-state index in [9.17, 15) is 13.2 Å². The third kappa shape index (κ3) is 4.45. The highest BCUT2D eigenvalue weighted by Crippen LogP contribution is 2.19. The van der Waals surface area contributed by atoms with Crippen molar-refractivity contribution >= 4 is 15.7 Å². The van der Waals surface area contributed by atoms with Crippen molar-refractivity contribution in [3.63, 3.8) is 0 Å². The lowest BCUT2D eigenvalue weighted by Crippen LogP contribution is -2.52. The lowest BCUT2D eigenvalue weighted by atomic mass is 10.2. The second kappa shape index (κ2) is 8.06. The number of hydrogen-bond donors (Lipinski definition) is 0. The van der Waals surface area contributed by atoms with Crippen LogP contribution in [-0.4, -0.2) is 75.3 Å². The molecule has 0 bridgehead atoms. The lowest BCUT2D eigenvalue weighted by molar-refractivity contribution is -0.142. The first-order valence-corrected chi connectivity index (χ1v) is 10.9. The van der Waals surface area contributed by atoms with Gasteiger partial charge < -0.3 is 9.64 Å². The van der Waals surface area contributed by atoms with Crippen molar-refractivity contribution in [1.29, 1.82) is 0 Å². The third-order valence-electron chi connectivity index (χ3n) is 5.24. The summed E-state index contributed by atoms with van der Waals surface area (Å²) in [4.78, 5) is 16.8. The van der Waals surface area contributed by atoms with Gasteiger partial charge in [-0.05, 0) is 43.9 Å². The maximum absolute atomic E-state index is 12.7. The number of aryl methyl sites for hydroxylation is 2. The fraction of sp³-hybridized carbons (Fsp3) is 0.632. The molecule has 26 heavy (non-hydrogen) atoms. The number of carbonyl (C=O) groups is 1. The molecule has 0 spiro atoms. The highest BCUT2D eigenvalue weighted by Gasteiger charge is 2.30. The molecule has 0 unspecified atom stereocenters. The van der Waals surface area contributed by atoms with Crippen molar-refractivity contribution in [2.45, 2.75) is 37.7 Å². The molecule has 2 fully saturated rings. The third-order valence-corrected chi connectivity index (χ3v) is 7.07. The Labute approximate surface area is 156 Å². The molecule has 0 aromatic heterocycles. The largest absolute Gasteiger partial charge is 0.368 e. The first-order valence-electron chi connectivity index (χ1n) is 9.29. The van der Waals surface area contributed by atoms with Gasteiger partial charge in [-0.3, -0.25) is 9.69 Å². The van der Waals surface area contributed by atoms with E-state index in [-0.39, 0.29) is 17.8 Å². The minimum absolute atomic E-state index is 0.0881. The van der Waals surface area contributed by atoms with E-state index in [4.69, 9.17) is 4.74 Å². The number of benzene rings is 1. The van der Waals surface area contributed by atoms with Gasteiger partial charge in [0.1, 0.15) is 6.10 Å².